The summed E-state index contributed by atoms with van der Waals surface area (Å²) in [5.74, 6) is -0.861. The second-order valence-corrected chi connectivity index (χ2v) is 4.66. The fourth-order valence-corrected chi connectivity index (χ4v) is 0.678. The molecule has 0 amide bonds. The molecule has 6 heteroatoms. The number of rotatable bonds is 2. The van der Waals surface area contributed by atoms with Crippen molar-refractivity contribution in [3.05, 3.63) is 0 Å². The Morgan fingerprint density at radius 3 is 1.91 bits per heavy atom. The Morgan fingerprint density at radius 2 is 1.82 bits per heavy atom. The minimum atomic E-state index is -3.89. The van der Waals surface area contributed by atoms with E-state index in [1.807, 2.05) is 0 Å². The first-order chi connectivity index (χ1) is 4.73. The minimum absolute atomic E-state index is 0.861. The van der Waals surface area contributed by atoms with E-state index in [9.17, 15) is 13.2 Å². The topological polar surface area (TPSA) is 86.5 Å². The Balaban J connectivity index is 4.90. The standard InChI is InChI=1S/C5H11NO4S/c1-5(2,4(7)10-3)11(6,8)9/h1-3H3,(H2,6,8,9). The number of carbonyl (C=O) groups excluding carboxylic acids is 1. The summed E-state index contributed by atoms with van der Waals surface area (Å²) < 4.78 is 24.0. The second kappa shape index (κ2) is 2.78. The average Bonchev–Trinajstić information content (AvgIpc) is 1.83. The van der Waals surface area contributed by atoms with Gasteiger partial charge in [0.15, 0.2) is 4.75 Å². The van der Waals surface area contributed by atoms with Crippen molar-refractivity contribution in [2.75, 3.05) is 7.11 Å². The molecule has 2 N–H and O–H groups in total. The molecule has 0 heterocycles. The van der Waals surface area contributed by atoms with Gasteiger partial charge in [0.2, 0.25) is 10.0 Å². The van der Waals surface area contributed by atoms with E-state index in [-0.39, 0.29) is 0 Å². The Bertz CT molecular complexity index is 254. The Labute approximate surface area is 65.6 Å². The number of ether oxygens (including phenoxy) is 1. The number of hydrogen-bond acceptors (Lipinski definition) is 4. The lowest BCUT2D eigenvalue weighted by Gasteiger charge is -2.17. The quantitative estimate of drug-likeness (QED) is 0.566. The lowest BCUT2D eigenvalue weighted by atomic mass is 10.2. The smallest absolute Gasteiger partial charge is 0.328 e. The molecule has 0 rings (SSSR count). The molecular formula is C5H11NO4S. The number of methoxy groups -OCH3 is 1. The van der Waals surface area contributed by atoms with Gasteiger partial charge in [-0.2, -0.15) is 0 Å². The fourth-order valence-electron chi connectivity index (χ4n) is 0.362. The molecule has 0 unspecified atom stereocenters. The summed E-state index contributed by atoms with van der Waals surface area (Å²) in [4.78, 5) is 10.8. The first-order valence-corrected chi connectivity index (χ1v) is 4.39. The van der Waals surface area contributed by atoms with Gasteiger partial charge in [0.1, 0.15) is 0 Å². The van der Waals surface area contributed by atoms with Gasteiger partial charge in [0.25, 0.3) is 0 Å². The molecule has 66 valence electrons. The zero-order valence-electron chi connectivity index (χ0n) is 6.62. The summed E-state index contributed by atoms with van der Waals surface area (Å²) >= 11 is 0. The van der Waals surface area contributed by atoms with Gasteiger partial charge in [-0.15, -0.1) is 0 Å². The molecule has 0 saturated heterocycles. The molecule has 0 fully saturated rings. The summed E-state index contributed by atoms with van der Waals surface area (Å²) in [6.45, 7) is 2.38. The van der Waals surface area contributed by atoms with Crippen LogP contribution in [-0.2, 0) is 19.6 Å². The van der Waals surface area contributed by atoms with Gasteiger partial charge < -0.3 is 4.74 Å². The molecule has 0 radical (unpaired) electrons. The van der Waals surface area contributed by atoms with Crippen LogP contribution in [-0.4, -0.2) is 26.2 Å². The number of carbonyl (C=O) groups is 1. The lowest BCUT2D eigenvalue weighted by Crippen LogP contribution is -2.45. The van der Waals surface area contributed by atoms with Crippen LogP contribution in [0.15, 0.2) is 0 Å². The van der Waals surface area contributed by atoms with Crippen molar-refractivity contribution in [2.45, 2.75) is 18.6 Å². The van der Waals surface area contributed by atoms with Gasteiger partial charge in [-0.3, -0.25) is 4.79 Å². The second-order valence-electron chi connectivity index (χ2n) is 2.55. The Kier molecular flexibility index (Phi) is 2.63. The molecule has 5 nitrogen and oxygen atoms in total. The summed E-state index contributed by atoms with van der Waals surface area (Å²) in [5, 5.41) is 4.76. The van der Waals surface area contributed by atoms with Crippen LogP contribution < -0.4 is 5.14 Å². The van der Waals surface area contributed by atoms with E-state index in [0.29, 0.717) is 0 Å². The molecule has 0 aromatic rings. The van der Waals surface area contributed by atoms with Gasteiger partial charge in [-0.25, -0.2) is 13.6 Å². The summed E-state index contributed by atoms with van der Waals surface area (Å²) in [6.07, 6.45) is 0. The molecule has 0 spiro atoms. The van der Waals surface area contributed by atoms with Crippen LogP contribution in [0.1, 0.15) is 13.8 Å². The summed E-state index contributed by atoms with van der Waals surface area (Å²) in [7, 11) is -2.78. The third-order valence-corrected chi connectivity index (χ3v) is 2.98. The summed E-state index contributed by atoms with van der Waals surface area (Å²) in [6, 6.07) is 0. The normalized spacial score (nSPS) is 12.7. The van der Waals surface area contributed by atoms with Crippen LogP contribution >= 0.6 is 0 Å². The molecule has 0 saturated carbocycles. The van der Waals surface area contributed by atoms with Crippen molar-refractivity contribution in [3.8, 4) is 0 Å². The monoisotopic (exact) mass is 181 g/mol. The average molecular weight is 181 g/mol. The van der Waals surface area contributed by atoms with E-state index in [0.717, 1.165) is 7.11 Å². The Morgan fingerprint density at radius 1 is 1.45 bits per heavy atom. The number of nitrogens with two attached hydrogens (primary N) is 1. The van der Waals surface area contributed by atoms with Crippen LogP contribution in [0.25, 0.3) is 0 Å². The van der Waals surface area contributed by atoms with Gasteiger partial charge in [-0.05, 0) is 13.8 Å². The highest BCUT2D eigenvalue weighted by Crippen LogP contribution is 2.13. The van der Waals surface area contributed by atoms with Gasteiger partial charge >= 0.3 is 5.97 Å². The highest BCUT2D eigenvalue weighted by Gasteiger charge is 2.40. The number of hydrogen-bond donors (Lipinski definition) is 1. The highest BCUT2D eigenvalue weighted by atomic mass is 32.2. The molecule has 0 aliphatic rings. The zero-order valence-corrected chi connectivity index (χ0v) is 7.44. The minimum Gasteiger partial charge on any atom is -0.468 e. The van der Waals surface area contributed by atoms with Crippen LogP contribution in [0.3, 0.4) is 0 Å². The molecule has 0 atom stereocenters. The van der Waals surface area contributed by atoms with Crippen LogP contribution in [0.4, 0.5) is 0 Å². The van der Waals surface area contributed by atoms with E-state index in [4.69, 9.17) is 5.14 Å². The number of primary sulfonamides is 1. The van der Waals surface area contributed by atoms with Crippen LogP contribution in [0, 0.1) is 0 Å². The predicted octanol–water partition coefficient (Wildman–Crippen LogP) is -0.774. The molecule has 0 aromatic heterocycles. The van der Waals surface area contributed by atoms with E-state index in [2.05, 4.69) is 4.74 Å². The van der Waals surface area contributed by atoms with Gasteiger partial charge in [-0.1, -0.05) is 0 Å². The molecule has 0 aliphatic carbocycles. The molecular weight excluding hydrogens is 170 g/mol. The third kappa shape index (κ3) is 1.90. The van der Waals surface area contributed by atoms with Crippen LogP contribution in [0.5, 0.6) is 0 Å². The maximum absolute atomic E-state index is 10.8. The zero-order chi connectivity index (χ0) is 9.28. The summed E-state index contributed by atoms with van der Waals surface area (Å²) in [5.41, 5.74) is 0. The molecule has 11 heavy (non-hydrogen) atoms. The van der Waals surface area contributed by atoms with Crippen molar-refractivity contribution in [2.24, 2.45) is 5.14 Å². The molecule has 0 aromatic carbocycles. The first-order valence-electron chi connectivity index (χ1n) is 2.84. The number of esters is 1. The third-order valence-electron chi connectivity index (χ3n) is 1.39. The van der Waals surface area contributed by atoms with Gasteiger partial charge in [0, 0.05) is 0 Å². The van der Waals surface area contributed by atoms with E-state index >= 15 is 0 Å². The van der Waals surface area contributed by atoms with E-state index < -0.39 is 20.7 Å². The fraction of sp³-hybridized carbons (Fsp3) is 0.800. The SMILES string of the molecule is COC(=O)C(C)(C)S(N)(=O)=O. The van der Waals surface area contributed by atoms with Crippen molar-refractivity contribution in [1.82, 2.24) is 0 Å². The van der Waals surface area contributed by atoms with Crippen molar-refractivity contribution in [1.29, 1.82) is 0 Å². The maximum Gasteiger partial charge on any atom is 0.328 e. The first kappa shape index (κ1) is 10.4. The largest absolute Gasteiger partial charge is 0.468 e. The molecule has 0 aliphatic heterocycles. The van der Waals surface area contributed by atoms with Crippen molar-refractivity contribution in [3.63, 3.8) is 0 Å². The Hall–Kier alpha value is -0.620. The van der Waals surface area contributed by atoms with Crippen molar-refractivity contribution < 1.29 is 17.9 Å². The van der Waals surface area contributed by atoms with Gasteiger partial charge in [0.05, 0.1) is 7.11 Å². The molecule has 0 bridgehead atoms. The maximum atomic E-state index is 10.8. The lowest BCUT2D eigenvalue weighted by molar-refractivity contribution is -0.142. The predicted molar refractivity (Wildman–Crippen MR) is 39.2 cm³/mol. The van der Waals surface area contributed by atoms with Crippen LogP contribution in [0.2, 0.25) is 0 Å². The van der Waals surface area contributed by atoms with Crippen molar-refractivity contribution >= 4 is 16.0 Å². The number of sulfonamides is 1. The van der Waals surface area contributed by atoms with E-state index in [1.54, 1.807) is 0 Å². The van der Waals surface area contributed by atoms with E-state index in [1.165, 1.54) is 13.8 Å². The highest BCUT2D eigenvalue weighted by molar-refractivity contribution is 7.91.